The monoisotopic (exact) mass is 128 g/mol. The van der Waals surface area contributed by atoms with E-state index in [0.29, 0.717) is 12.5 Å². The van der Waals surface area contributed by atoms with Crippen LogP contribution in [0.5, 0.6) is 0 Å². The molecule has 1 saturated heterocycles. The molecule has 1 atom stereocenters. The first-order valence-electron chi connectivity index (χ1n) is 3.27. The first-order valence-corrected chi connectivity index (χ1v) is 3.27. The lowest BCUT2D eigenvalue weighted by Gasteiger charge is -2.21. The van der Waals surface area contributed by atoms with E-state index in [2.05, 4.69) is 10.6 Å². The fraction of sp³-hybridized carbons (Fsp3) is 0.833. The van der Waals surface area contributed by atoms with Gasteiger partial charge < -0.3 is 10.6 Å². The zero-order valence-electron chi connectivity index (χ0n) is 5.61. The lowest BCUT2D eigenvalue weighted by Crippen LogP contribution is -2.44. The molecule has 0 saturated carbocycles. The number of rotatable bonds is 1. The minimum Gasteiger partial charge on any atom is -0.355 e. The average Bonchev–Trinajstić information content (AvgIpc) is 1.90. The van der Waals surface area contributed by atoms with E-state index in [-0.39, 0.29) is 5.91 Å². The summed E-state index contributed by atoms with van der Waals surface area (Å²) >= 11 is 0. The number of nitrogens with one attached hydrogen (secondary N) is 2. The van der Waals surface area contributed by atoms with E-state index in [1.54, 1.807) is 0 Å². The van der Waals surface area contributed by atoms with Gasteiger partial charge in [-0.05, 0) is 13.5 Å². The van der Waals surface area contributed by atoms with Crippen LogP contribution in [0.2, 0.25) is 0 Å². The Labute approximate surface area is 54.8 Å². The van der Waals surface area contributed by atoms with Crippen molar-refractivity contribution >= 4 is 5.91 Å². The number of piperidine rings is 1. The van der Waals surface area contributed by atoms with Crippen LogP contribution in [-0.4, -0.2) is 25.5 Å². The van der Waals surface area contributed by atoms with E-state index in [4.69, 9.17) is 0 Å². The molecule has 0 radical (unpaired) electrons. The molecule has 0 aromatic heterocycles. The van der Waals surface area contributed by atoms with Gasteiger partial charge in [-0.15, -0.1) is 0 Å². The molecule has 52 valence electrons. The first-order chi connectivity index (χ1) is 4.33. The molecule has 3 nitrogen and oxygen atoms in total. The van der Waals surface area contributed by atoms with E-state index in [0.717, 1.165) is 13.0 Å². The standard InChI is InChI=1S/C6H12N2O/c1-7-5-2-3-6(9)8-4-5/h5,7H,2-4H2,1H3,(H,8,9). The average molecular weight is 128 g/mol. The molecule has 1 rings (SSSR count). The van der Waals surface area contributed by atoms with Gasteiger partial charge in [0.05, 0.1) is 0 Å². The van der Waals surface area contributed by atoms with E-state index in [9.17, 15) is 4.79 Å². The van der Waals surface area contributed by atoms with Gasteiger partial charge in [0.25, 0.3) is 0 Å². The van der Waals surface area contributed by atoms with Crippen molar-refractivity contribution in [3.8, 4) is 0 Å². The number of carbonyl (C=O) groups excluding carboxylic acids is 1. The summed E-state index contributed by atoms with van der Waals surface area (Å²) in [5.41, 5.74) is 0. The largest absolute Gasteiger partial charge is 0.355 e. The zero-order valence-corrected chi connectivity index (χ0v) is 5.61. The van der Waals surface area contributed by atoms with Crippen LogP contribution in [0.4, 0.5) is 0 Å². The van der Waals surface area contributed by atoms with Crippen molar-refractivity contribution < 1.29 is 4.79 Å². The molecule has 0 aliphatic carbocycles. The number of hydrogen-bond donors (Lipinski definition) is 2. The van der Waals surface area contributed by atoms with Crippen LogP contribution < -0.4 is 10.6 Å². The van der Waals surface area contributed by atoms with Crippen molar-refractivity contribution in [2.75, 3.05) is 13.6 Å². The van der Waals surface area contributed by atoms with Gasteiger partial charge in [0.15, 0.2) is 0 Å². The van der Waals surface area contributed by atoms with Crippen LogP contribution in [0.3, 0.4) is 0 Å². The molecule has 0 aromatic carbocycles. The van der Waals surface area contributed by atoms with Crippen molar-refractivity contribution in [3.05, 3.63) is 0 Å². The third kappa shape index (κ3) is 1.68. The van der Waals surface area contributed by atoms with E-state index in [1.807, 2.05) is 7.05 Å². The molecule has 0 bridgehead atoms. The van der Waals surface area contributed by atoms with Crippen LogP contribution in [0, 0.1) is 0 Å². The smallest absolute Gasteiger partial charge is 0.220 e. The SMILES string of the molecule is CNC1CCC(=O)NC1. The van der Waals surface area contributed by atoms with Gasteiger partial charge in [0.1, 0.15) is 0 Å². The minimum absolute atomic E-state index is 0.182. The van der Waals surface area contributed by atoms with Crippen LogP contribution in [-0.2, 0) is 4.79 Å². The van der Waals surface area contributed by atoms with Gasteiger partial charge in [-0.3, -0.25) is 4.79 Å². The Hall–Kier alpha value is -0.570. The lowest BCUT2D eigenvalue weighted by molar-refractivity contribution is -0.122. The molecular weight excluding hydrogens is 116 g/mol. The summed E-state index contributed by atoms with van der Waals surface area (Å²) in [7, 11) is 1.92. The van der Waals surface area contributed by atoms with Gasteiger partial charge in [-0.2, -0.15) is 0 Å². The third-order valence-corrected chi connectivity index (χ3v) is 1.67. The van der Waals surface area contributed by atoms with Crippen LogP contribution >= 0.6 is 0 Å². The Morgan fingerprint density at radius 3 is 3.00 bits per heavy atom. The van der Waals surface area contributed by atoms with Gasteiger partial charge in [-0.25, -0.2) is 0 Å². The maximum absolute atomic E-state index is 10.6. The molecule has 1 heterocycles. The predicted molar refractivity (Wildman–Crippen MR) is 35.1 cm³/mol. The molecule has 9 heavy (non-hydrogen) atoms. The lowest BCUT2D eigenvalue weighted by atomic mass is 10.1. The van der Waals surface area contributed by atoms with Gasteiger partial charge in [0.2, 0.25) is 5.91 Å². The summed E-state index contributed by atoms with van der Waals surface area (Å²) in [6, 6.07) is 0.489. The van der Waals surface area contributed by atoms with Gasteiger partial charge in [0, 0.05) is 19.0 Å². The van der Waals surface area contributed by atoms with Gasteiger partial charge >= 0.3 is 0 Å². The summed E-state index contributed by atoms with van der Waals surface area (Å²) in [5, 5.41) is 5.89. The second-order valence-corrected chi connectivity index (χ2v) is 2.33. The van der Waals surface area contributed by atoms with Crippen molar-refractivity contribution in [1.82, 2.24) is 10.6 Å². The third-order valence-electron chi connectivity index (χ3n) is 1.67. The topological polar surface area (TPSA) is 41.1 Å². The summed E-state index contributed by atoms with van der Waals surface area (Å²) in [4.78, 5) is 10.6. The molecule has 0 aromatic rings. The predicted octanol–water partition coefficient (Wildman–Crippen LogP) is -0.516. The molecule has 1 amide bonds. The number of amides is 1. The van der Waals surface area contributed by atoms with E-state index in [1.165, 1.54) is 0 Å². The zero-order chi connectivity index (χ0) is 6.69. The molecule has 0 spiro atoms. The van der Waals surface area contributed by atoms with Crippen molar-refractivity contribution in [3.63, 3.8) is 0 Å². The second-order valence-electron chi connectivity index (χ2n) is 2.33. The van der Waals surface area contributed by atoms with E-state index < -0.39 is 0 Å². The molecular formula is C6H12N2O. The van der Waals surface area contributed by atoms with Crippen LogP contribution in [0.15, 0.2) is 0 Å². The Bertz CT molecular complexity index is 104. The highest BCUT2D eigenvalue weighted by Gasteiger charge is 2.14. The molecule has 1 unspecified atom stereocenters. The Morgan fingerprint density at radius 2 is 2.56 bits per heavy atom. The van der Waals surface area contributed by atoms with Crippen LogP contribution in [0.25, 0.3) is 0 Å². The molecule has 3 heteroatoms. The quantitative estimate of drug-likeness (QED) is 0.499. The molecule has 1 aliphatic rings. The first kappa shape index (κ1) is 6.55. The maximum atomic E-state index is 10.6. The van der Waals surface area contributed by atoms with Gasteiger partial charge in [-0.1, -0.05) is 0 Å². The van der Waals surface area contributed by atoms with Crippen LogP contribution in [0.1, 0.15) is 12.8 Å². The second kappa shape index (κ2) is 2.82. The molecule has 2 N–H and O–H groups in total. The minimum atomic E-state index is 0.182. The Morgan fingerprint density at radius 1 is 1.78 bits per heavy atom. The highest BCUT2D eigenvalue weighted by atomic mass is 16.1. The normalized spacial score (nSPS) is 27.7. The summed E-state index contributed by atoms with van der Waals surface area (Å²) < 4.78 is 0. The maximum Gasteiger partial charge on any atom is 0.220 e. The van der Waals surface area contributed by atoms with Crippen molar-refractivity contribution in [2.24, 2.45) is 0 Å². The van der Waals surface area contributed by atoms with Crippen molar-refractivity contribution in [2.45, 2.75) is 18.9 Å². The number of likely N-dealkylation sites (N-methyl/N-ethyl adjacent to an activating group) is 1. The summed E-state index contributed by atoms with van der Waals surface area (Å²) in [6.07, 6.45) is 1.65. The van der Waals surface area contributed by atoms with Crippen molar-refractivity contribution in [1.29, 1.82) is 0 Å². The highest BCUT2D eigenvalue weighted by Crippen LogP contribution is 2.00. The summed E-state index contributed by atoms with van der Waals surface area (Å²) in [6.45, 7) is 0.787. The molecule has 1 aliphatic heterocycles. The number of hydrogen-bond acceptors (Lipinski definition) is 2. The molecule has 1 fully saturated rings. The number of carbonyl (C=O) groups is 1. The fourth-order valence-electron chi connectivity index (χ4n) is 0.979. The Balaban J connectivity index is 2.26. The highest BCUT2D eigenvalue weighted by molar-refractivity contribution is 5.76. The summed E-state index contributed by atoms with van der Waals surface area (Å²) in [5.74, 6) is 0.182. The fourth-order valence-corrected chi connectivity index (χ4v) is 0.979. The van der Waals surface area contributed by atoms with E-state index >= 15 is 0 Å². The Kier molecular flexibility index (Phi) is 2.05.